The lowest BCUT2D eigenvalue weighted by atomic mass is 10.1. The highest BCUT2D eigenvalue weighted by atomic mass is 16.5. The minimum absolute atomic E-state index is 0.188. The summed E-state index contributed by atoms with van der Waals surface area (Å²) in [5.74, 6) is 0. The second-order valence-corrected chi connectivity index (χ2v) is 4.99. The third kappa shape index (κ3) is 9.00. The summed E-state index contributed by atoms with van der Waals surface area (Å²) in [5.41, 5.74) is 4.03. The summed E-state index contributed by atoms with van der Waals surface area (Å²) >= 11 is 0. The predicted octanol–water partition coefficient (Wildman–Crippen LogP) is 5.22. The Morgan fingerprint density at radius 2 is 1.56 bits per heavy atom. The van der Waals surface area contributed by atoms with Crippen LogP contribution in [0.4, 0.5) is 0 Å². The molecule has 0 spiro atoms. The van der Waals surface area contributed by atoms with Gasteiger partial charge in [-0.3, -0.25) is 0 Å². The van der Waals surface area contributed by atoms with E-state index in [0.717, 1.165) is 12.8 Å². The molecule has 0 saturated heterocycles. The van der Waals surface area contributed by atoms with E-state index in [1.54, 1.807) is 7.11 Å². The number of ether oxygens (including phenoxy) is 1. The van der Waals surface area contributed by atoms with Crippen LogP contribution >= 0.6 is 0 Å². The highest BCUT2D eigenvalue weighted by molar-refractivity contribution is 5.19. The van der Waals surface area contributed by atoms with Crippen molar-refractivity contribution in [2.45, 2.75) is 53.6 Å². The molecule has 0 aromatic rings. The maximum Gasteiger partial charge on any atom is 0.0791 e. The topological polar surface area (TPSA) is 9.23 Å². The summed E-state index contributed by atoms with van der Waals surface area (Å²) in [6.07, 6.45) is 12.9. The van der Waals surface area contributed by atoms with E-state index in [0.29, 0.717) is 0 Å². The Labute approximate surface area is 113 Å². The molecule has 18 heavy (non-hydrogen) atoms. The number of methoxy groups -OCH3 is 1. The average molecular weight is 248 g/mol. The molecule has 0 radical (unpaired) electrons. The van der Waals surface area contributed by atoms with Crippen molar-refractivity contribution < 1.29 is 4.74 Å². The van der Waals surface area contributed by atoms with Crippen LogP contribution in [0, 0.1) is 0 Å². The van der Waals surface area contributed by atoms with Crippen LogP contribution in [-0.4, -0.2) is 13.2 Å². The molecule has 0 aliphatic rings. The fourth-order valence-corrected chi connectivity index (χ4v) is 1.52. The van der Waals surface area contributed by atoms with Gasteiger partial charge in [-0.15, -0.1) is 0 Å². The molecule has 0 fully saturated rings. The molecule has 1 nitrogen and oxygen atoms in total. The third-order valence-corrected chi connectivity index (χ3v) is 2.78. The van der Waals surface area contributed by atoms with Crippen molar-refractivity contribution in [3.05, 3.63) is 47.1 Å². The largest absolute Gasteiger partial charge is 0.377 e. The lowest BCUT2D eigenvalue weighted by molar-refractivity contribution is 0.140. The predicted molar refractivity (Wildman–Crippen MR) is 81.8 cm³/mol. The van der Waals surface area contributed by atoms with Gasteiger partial charge in [-0.1, -0.05) is 54.0 Å². The van der Waals surface area contributed by atoms with Gasteiger partial charge in [-0.25, -0.2) is 0 Å². The highest BCUT2D eigenvalue weighted by Gasteiger charge is 2.03. The summed E-state index contributed by atoms with van der Waals surface area (Å²) in [6.45, 7) is 10.7. The number of hydrogen-bond acceptors (Lipinski definition) is 1. The van der Waals surface area contributed by atoms with E-state index in [-0.39, 0.29) is 6.10 Å². The fraction of sp³-hybridized carbons (Fsp3) is 0.529. The number of rotatable bonds is 7. The van der Waals surface area contributed by atoms with Crippen LogP contribution in [0.5, 0.6) is 0 Å². The molecule has 1 heteroatoms. The quantitative estimate of drug-likeness (QED) is 0.443. The van der Waals surface area contributed by atoms with E-state index in [1.807, 2.05) is 0 Å². The zero-order chi connectivity index (χ0) is 14.0. The Balaban J connectivity index is 4.38. The second kappa shape index (κ2) is 9.90. The molecule has 0 rings (SSSR count). The van der Waals surface area contributed by atoms with E-state index >= 15 is 0 Å². The van der Waals surface area contributed by atoms with Gasteiger partial charge in [0.15, 0.2) is 0 Å². The van der Waals surface area contributed by atoms with Gasteiger partial charge in [-0.05, 0) is 40.5 Å². The van der Waals surface area contributed by atoms with Gasteiger partial charge in [-0.2, -0.15) is 0 Å². The van der Waals surface area contributed by atoms with Crippen LogP contribution in [-0.2, 0) is 4.74 Å². The minimum Gasteiger partial charge on any atom is -0.377 e. The lowest BCUT2D eigenvalue weighted by Gasteiger charge is -2.11. The molecule has 1 atom stereocenters. The lowest BCUT2D eigenvalue weighted by Crippen LogP contribution is -2.07. The summed E-state index contributed by atoms with van der Waals surface area (Å²) in [5, 5.41) is 0. The van der Waals surface area contributed by atoms with Crippen molar-refractivity contribution in [3.8, 4) is 0 Å². The van der Waals surface area contributed by atoms with Crippen molar-refractivity contribution in [3.63, 3.8) is 0 Å². The second-order valence-electron chi connectivity index (χ2n) is 4.99. The zero-order valence-corrected chi connectivity index (χ0v) is 12.8. The molecule has 0 bridgehead atoms. The van der Waals surface area contributed by atoms with Crippen LogP contribution in [0.2, 0.25) is 0 Å². The molecule has 1 unspecified atom stereocenters. The molecule has 0 amide bonds. The fourth-order valence-electron chi connectivity index (χ4n) is 1.52. The van der Waals surface area contributed by atoms with E-state index in [9.17, 15) is 0 Å². The summed E-state index contributed by atoms with van der Waals surface area (Å²) < 4.78 is 5.44. The van der Waals surface area contributed by atoms with Crippen LogP contribution < -0.4 is 0 Å². The van der Waals surface area contributed by atoms with Gasteiger partial charge in [0.2, 0.25) is 0 Å². The molecule has 0 aliphatic carbocycles. The van der Waals surface area contributed by atoms with Crippen LogP contribution in [0.3, 0.4) is 0 Å². The first-order chi connectivity index (χ1) is 8.49. The van der Waals surface area contributed by atoms with Crippen molar-refractivity contribution >= 4 is 0 Å². The molecule has 102 valence electrons. The molecule has 0 aromatic carbocycles. The first kappa shape index (κ1) is 16.9. The van der Waals surface area contributed by atoms with Crippen molar-refractivity contribution in [2.75, 3.05) is 7.11 Å². The molecule has 0 heterocycles. The Bertz CT molecular complexity index is 339. The first-order valence-electron chi connectivity index (χ1n) is 6.67. The van der Waals surface area contributed by atoms with Gasteiger partial charge in [0, 0.05) is 7.11 Å². The Kier molecular flexibility index (Phi) is 9.31. The normalized spacial score (nSPS) is 15.0. The molecule has 0 aromatic heterocycles. The Hall–Kier alpha value is -1.08. The first-order valence-corrected chi connectivity index (χ1v) is 6.67. The van der Waals surface area contributed by atoms with Crippen LogP contribution in [0.25, 0.3) is 0 Å². The monoisotopic (exact) mass is 248 g/mol. The smallest absolute Gasteiger partial charge is 0.0791 e. The molecular formula is C17H28O. The molecule has 0 aliphatic heterocycles. The Morgan fingerprint density at radius 1 is 1.00 bits per heavy atom. The van der Waals surface area contributed by atoms with Crippen LogP contribution in [0.15, 0.2) is 47.1 Å². The van der Waals surface area contributed by atoms with E-state index in [2.05, 4.69) is 65.0 Å². The maximum atomic E-state index is 5.44. The van der Waals surface area contributed by atoms with Gasteiger partial charge >= 0.3 is 0 Å². The SMILES string of the molecule is CC/C(C)=C/C=C/C=C(\C)CC(C=C(C)C)OC. The highest BCUT2D eigenvalue weighted by Crippen LogP contribution is 2.11. The maximum absolute atomic E-state index is 5.44. The van der Waals surface area contributed by atoms with E-state index < -0.39 is 0 Å². The molecule has 0 saturated carbocycles. The summed E-state index contributed by atoms with van der Waals surface area (Å²) in [6, 6.07) is 0. The third-order valence-electron chi connectivity index (χ3n) is 2.78. The van der Waals surface area contributed by atoms with E-state index in [4.69, 9.17) is 4.74 Å². The van der Waals surface area contributed by atoms with Crippen molar-refractivity contribution in [2.24, 2.45) is 0 Å². The molecule has 0 N–H and O–H groups in total. The average Bonchev–Trinajstić information content (AvgIpc) is 2.32. The Morgan fingerprint density at radius 3 is 2.00 bits per heavy atom. The van der Waals surface area contributed by atoms with E-state index in [1.165, 1.54) is 16.7 Å². The molecular weight excluding hydrogens is 220 g/mol. The van der Waals surface area contributed by atoms with Gasteiger partial charge in [0.05, 0.1) is 6.10 Å². The van der Waals surface area contributed by atoms with Crippen LogP contribution in [0.1, 0.15) is 47.5 Å². The van der Waals surface area contributed by atoms with Gasteiger partial charge in [0.25, 0.3) is 0 Å². The standard InChI is InChI=1S/C17H28O/c1-7-15(4)10-8-9-11-16(5)13-17(18-6)12-14(2)3/h8-12,17H,7,13H2,1-6H3/b9-8+,15-10+,16-11+. The van der Waals surface area contributed by atoms with Crippen molar-refractivity contribution in [1.29, 1.82) is 0 Å². The zero-order valence-electron chi connectivity index (χ0n) is 12.8. The number of allylic oxidation sites excluding steroid dienone is 6. The van der Waals surface area contributed by atoms with Crippen molar-refractivity contribution in [1.82, 2.24) is 0 Å². The summed E-state index contributed by atoms with van der Waals surface area (Å²) in [7, 11) is 1.76. The summed E-state index contributed by atoms with van der Waals surface area (Å²) in [4.78, 5) is 0. The number of hydrogen-bond donors (Lipinski definition) is 0. The van der Waals surface area contributed by atoms with Gasteiger partial charge < -0.3 is 4.74 Å². The van der Waals surface area contributed by atoms with Gasteiger partial charge in [0.1, 0.15) is 0 Å². The minimum atomic E-state index is 0.188.